The molecular weight excluding hydrogens is 216 g/mol. The maximum atomic E-state index is 11.6. The molecule has 1 rings (SSSR count). The molecule has 1 unspecified atom stereocenters. The second kappa shape index (κ2) is 6.36. The highest BCUT2D eigenvalue weighted by molar-refractivity contribution is 5.75. The zero-order valence-electron chi connectivity index (χ0n) is 11.6. The van der Waals surface area contributed by atoms with Crippen molar-refractivity contribution in [2.45, 2.75) is 51.6 Å². The molecule has 1 fully saturated rings. The Morgan fingerprint density at radius 1 is 1.53 bits per heavy atom. The summed E-state index contributed by atoms with van der Waals surface area (Å²) in [5, 5.41) is 3.18. The minimum atomic E-state index is -0.165. The van der Waals surface area contributed by atoms with Crippen LogP contribution in [-0.4, -0.2) is 49.2 Å². The summed E-state index contributed by atoms with van der Waals surface area (Å²) in [4.78, 5) is 14.0. The fourth-order valence-corrected chi connectivity index (χ4v) is 2.55. The second-order valence-corrected chi connectivity index (χ2v) is 5.33. The molecule has 4 heteroatoms. The second-order valence-electron chi connectivity index (χ2n) is 5.33. The van der Waals surface area contributed by atoms with Crippen molar-refractivity contribution in [2.24, 2.45) is 0 Å². The Kier molecular flexibility index (Phi) is 5.40. The number of methoxy groups -OCH3 is 1. The monoisotopic (exact) mass is 242 g/mol. The third-order valence-electron chi connectivity index (χ3n) is 3.70. The number of esters is 1. The van der Waals surface area contributed by atoms with Crippen molar-refractivity contribution in [3.05, 3.63) is 0 Å². The number of nitrogens with zero attached hydrogens (tertiary/aromatic N) is 1. The van der Waals surface area contributed by atoms with Gasteiger partial charge in [0, 0.05) is 12.1 Å². The molecule has 0 aromatic rings. The lowest BCUT2D eigenvalue weighted by molar-refractivity contribution is -0.143. The maximum Gasteiger partial charge on any atom is 0.322 e. The molecule has 1 aliphatic heterocycles. The highest BCUT2D eigenvalue weighted by Gasteiger charge is 2.32. The molecule has 0 radical (unpaired) electrons. The van der Waals surface area contributed by atoms with Gasteiger partial charge in [-0.3, -0.25) is 9.69 Å². The van der Waals surface area contributed by atoms with Gasteiger partial charge in [-0.1, -0.05) is 6.92 Å². The number of carbonyl (C=O) groups excluding carboxylic acids is 1. The van der Waals surface area contributed by atoms with Crippen LogP contribution in [0.15, 0.2) is 0 Å². The van der Waals surface area contributed by atoms with Crippen molar-refractivity contribution in [3.8, 4) is 0 Å². The van der Waals surface area contributed by atoms with Crippen LogP contribution in [0.3, 0.4) is 0 Å². The number of ether oxygens (including phenoxy) is 1. The summed E-state index contributed by atoms with van der Waals surface area (Å²) in [5.41, 5.74) is 0.285. The first-order valence-electron chi connectivity index (χ1n) is 6.57. The van der Waals surface area contributed by atoms with Crippen molar-refractivity contribution in [1.82, 2.24) is 10.2 Å². The molecule has 1 aliphatic rings. The summed E-state index contributed by atoms with van der Waals surface area (Å²) in [6, 6.07) is -0.165. The summed E-state index contributed by atoms with van der Waals surface area (Å²) >= 11 is 0. The van der Waals surface area contributed by atoms with E-state index in [4.69, 9.17) is 4.74 Å². The number of likely N-dealkylation sites (tertiary alicyclic amines) is 1. The van der Waals surface area contributed by atoms with E-state index in [9.17, 15) is 4.79 Å². The number of hydrogen-bond donors (Lipinski definition) is 1. The fourth-order valence-electron chi connectivity index (χ4n) is 2.55. The standard InChI is InChI=1S/C13H26N2O2/c1-5-14-11(12(16)17-4)7-10-15-9-6-8-13(15,2)3/h11,14H,5-10H2,1-4H3. The Balaban J connectivity index is 2.43. The molecule has 0 saturated carbocycles. The highest BCUT2D eigenvalue weighted by atomic mass is 16.5. The van der Waals surface area contributed by atoms with Crippen molar-refractivity contribution in [2.75, 3.05) is 26.7 Å². The Bertz CT molecular complexity index is 254. The van der Waals surface area contributed by atoms with Gasteiger partial charge in [0.05, 0.1) is 7.11 Å². The van der Waals surface area contributed by atoms with Gasteiger partial charge in [-0.05, 0) is 46.2 Å². The average Bonchev–Trinajstić information content (AvgIpc) is 2.62. The first-order chi connectivity index (χ1) is 8.01. The number of nitrogens with one attached hydrogen (secondary N) is 1. The Hall–Kier alpha value is -0.610. The van der Waals surface area contributed by atoms with Crippen LogP contribution in [0.5, 0.6) is 0 Å². The Morgan fingerprint density at radius 3 is 2.71 bits per heavy atom. The predicted octanol–water partition coefficient (Wildman–Crippen LogP) is 1.40. The van der Waals surface area contributed by atoms with Crippen molar-refractivity contribution in [1.29, 1.82) is 0 Å². The molecule has 0 amide bonds. The highest BCUT2D eigenvalue weighted by Crippen LogP contribution is 2.28. The van der Waals surface area contributed by atoms with Crippen LogP contribution in [0, 0.1) is 0 Å². The van der Waals surface area contributed by atoms with E-state index in [2.05, 4.69) is 24.1 Å². The zero-order chi connectivity index (χ0) is 12.9. The van der Waals surface area contributed by atoms with Gasteiger partial charge in [0.25, 0.3) is 0 Å². The molecule has 4 nitrogen and oxygen atoms in total. The summed E-state index contributed by atoms with van der Waals surface area (Å²) in [5.74, 6) is -0.149. The fraction of sp³-hybridized carbons (Fsp3) is 0.923. The van der Waals surface area contributed by atoms with Crippen LogP contribution in [0.4, 0.5) is 0 Å². The molecule has 1 saturated heterocycles. The normalized spacial score (nSPS) is 21.4. The lowest BCUT2D eigenvalue weighted by atomic mass is 10.0. The number of carbonyl (C=O) groups is 1. The van der Waals surface area contributed by atoms with Gasteiger partial charge in [0.2, 0.25) is 0 Å². The maximum absolute atomic E-state index is 11.6. The van der Waals surface area contributed by atoms with E-state index in [1.165, 1.54) is 20.0 Å². The van der Waals surface area contributed by atoms with E-state index in [0.29, 0.717) is 0 Å². The molecule has 1 atom stereocenters. The van der Waals surface area contributed by atoms with E-state index in [0.717, 1.165) is 26.1 Å². The summed E-state index contributed by atoms with van der Waals surface area (Å²) in [7, 11) is 1.45. The number of rotatable bonds is 6. The van der Waals surface area contributed by atoms with Gasteiger partial charge < -0.3 is 10.1 Å². The molecule has 17 heavy (non-hydrogen) atoms. The predicted molar refractivity (Wildman–Crippen MR) is 69.0 cm³/mol. The lowest BCUT2D eigenvalue weighted by Crippen LogP contribution is -2.44. The summed E-state index contributed by atoms with van der Waals surface area (Å²) in [6.45, 7) is 9.46. The third kappa shape index (κ3) is 3.96. The zero-order valence-corrected chi connectivity index (χ0v) is 11.6. The molecule has 1 N–H and O–H groups in total. The summed E-state index contributed by atoms with van der Waals surface area (Å²) < 4.78 is 4.81. The van der Waals surface area contributed by atoms with E-state index >= 15 is 0 Å². The number of likely N-dealkylation sites (N-methyl/N-ethyl adjacent to an activating group) is 1. The van der Waals surface area contributed by atoms with Gasteiger partial charge in [-0.25, -0.2) is 0 Å². The van der Waals surface area contributed by atoms with Crippen LogP contribution >= 0.6 is 0 Å². The first-order valence-corrected chi connectivity index (χ1v) is 6.57. The molecule has 0 aliphatic carbocycles. The topological polar surface area (TPSA) is 41.6 Å². The van der Waals surface area contributed by atoms with E-state index in [-0.39, 0.29) is 17.6 Å². The van der Waals surface area contributed by atoms with Gasteiger partial charge in [0.15, 0.2) is 0 Å². The number of hydrogen-bond acceptors (Lipinski definition) is 4. The van der Waals surface area contributed by atoms with Gasteiger partial charge in [0.1, 0.15) is 6.04 Å². The van der Waals surface area contributed by atoms with Crippen LogP contribution in [0.2, 0.25) is 0 Å². The van der Waals surface area contributed by atoms with Gasteiger partial charge in [-0.2, -0.15) is 0 Å². The van der Waals surface area contributed by atoms with Crippen LogP contribution in [0.1, 0.15) is 40.0 Å². The summed E-state index contributed by atoms with van der Waals surface area (Å²) in [6.07, 6.45) is 3.33. The first kappa shape index (κ1) is 14.5. The quantitative estimate of drug-likeness (QED) is 0.715. The van der Waals surface area contributed by atoms with Crippen LogP contribution in [0.25, 0.3) is 0 Å². The van der Waals surface area contributed by atoms with Crippen LogP contribution in [-0.2, 0) is 9.53 Å². The van der Waals surface area contributed by atoms with Gasteiger partial charge >= 0.3 is 5.97 Å². The molecular formula is C13H26N2O2. The molecule has 0 spiro atoms. The molecule has 0 aromatic carbocycles. The largest absolute Gasteiger partial charge is 0.468 e. The van der Waals surface area contributed by atoms with E-state index in [1.54, 1.807) is 0 Å². The van der Waals surface area contributed by atoms with Crippen LogP contribution < -0.4 is 5.32 Å². The minimum Gasteiger partial charge on any atom is -0.468 e. The molecule has 0 aromatic heterocycles. The van der Waals surface area contributed by atoms with E-state index < -0.39 is 0 Å². The lowest BCUT2D eigenvalue weighted by Gasteiger charge is -2.32. The van der Waals surface area contributed by atoms with E-state index in [1.807, 2.05) is 6.92 Å². The molecule has 100 valence electrons. The van der Waals surface area contributed by atoms with Crippen molar-refractivity contribution in [3.63, 3.8) is 0 Å². The van der Waals surface area contributed by atoms with Gasteiger partial charge in [-0.15, -0.1) is 0 Å². The Morgan fingerprint density at radius 2 is 2.24 bits per heavy atom. The Labute approximate surface area is 105 Å². The molecule has 1 heterocycles. The van der Waals surface area contributed by atoms with Crippen molar-refractivity contribution >= 4 is 5.97 Å². The third-order valence-corrected chi connectivity index (χ3v) is 3.70. The smallest absolute Gasteiger partial charge is 0.322 e. The molecule has 0 bridgehead atoms. The SMILES string of the molecule is CCNC(CCN1CCCC1(C)C)C(=O)OC. The average molecular weight is 242 g/mol. The minimum absolute atomic E-state index is 0.149. The van der Waals surface area contributed by atoms with Crippen molar-refractivity contribution < 1.29 is 9.53 Å².